The zero-order chi connectivity index (χ0) is 14.8. The summed E-state index contributed by atoms with van der Waals surface area (Å²) >= 11 is 7.78. The third-order valence-electron chi connectivity index (χ3n) is 3.50. The van der Waals surface area contributed by atoms with E-state index in [1.54, 1.807) is 11.8 Å². The van der Waals surface area contributed by atoms with Crippen LogP contribution in [0.1, 0.15) is 16.7 Å². The molecule has 0 bridgehead atoms. The second-order valence-electron chi connectivity index (χ2n) is 5.17. The van der Waals surface area contributed by atoms with Crippen LogP contribution in [0.4, 0.5) is 0 Å². The predicted octanol–water partition coefficient (Wildman–Crippen LogP) is 5.80. The molecule has 1 heterocycles. The average Bonchev–Trinajstić information content (AvgIpc) is 2.46. The Morgan fingerprint density at radius 1 is 1.00 bits per heavy atom. The van der Waals surface area contributed by atoms with Gasteiger partial charge in [0.2, 0.25) is 0 Å². The summed E-state index contributed by atoms with van der Waals surface area (Å²) in [6.45, 7) is 4.26. The van der Waals surface area contributed by atoms with E-state index in [9.17, 15) is 0 Å². The molecule has 0 N–H and O–H groups in total. The maximum atomic E-state index is 6.03. The maximum Gasteiger partial charge on any atom is 0.0973 e. The van der Waals surface area contributed by atoms with Gasteiger partial charge in [-0.3, -0.25) is 0 Å². The van der Waals surface area contributed by atoms with Crippen LogP contribution in [0.2, 0.25) is 5.02 Å². The van der Waals surface area contributed by atoms with Crippen LogP contribution < -0.4 is 0 Å². The summed E-state index contributed by atoms with van der Waals surface area (Å²) in [6.07, 6.45) is 0. The van der Waals surface area contributed by atoms with Gasteiger partial charge in [-0.2, -0.15) is 0 Å². The van der Waals surface area contributed by atoms with Crippen LogP contribution in [0.25, 0.3) is 10.9 Å². The molecule has 21 heavy (non-hydrogen) atoms. The number of para-hydroxylation sites is 1. The minimum Gasteiger partial charge on any atom is -0.241 e. The number of fused-ring (bicyclic) bond motifs is 1. The van der Waals surface area contributed by atoms with Crippen LogP contribution >= 0.6 is 23.4 Å². The van der Waals surface area contributed by atoms with Crippen molar-refractivity contribution in [2.75, 3.05) is 0 Å². The summed E-state index contributed by atoms with van der Waals surface area (Å²) < 4.78 is 0. The number of aromatic nitrogens is 1. The molecule has 0 saturated heterocycles. The van der Waals surface area contributed by atoms with E-state index < -0.39 is 0 Å². The summed E-state index contributed by atoms with van der Waals surface area (Å²) in [7, 11) is 0. The van der Waals surface area contributed by atoms with Gasteiger partial charge in [0.05, 0.1) is 10.5 Å². The van der Waals surface area contributed by atoms with Crippen molar-refractivity contribution >= 4 is 34.3 Å². The van der Waals surface area contributed by atoms with Crippen LogP contribution in [0.15, 0.2) is 53.6 Å². The summed E-state index contributed by atoms with van der Waals surface area (Å²) in [5, 5.41) is 3.09. The van der Waals surface area contributed by atoms with Crippen molar-refractivity contribution in [1.82, 2.24) is 4.98 Å². The molecule has 0 aliphatic carbocycles. The number of thioether (sulfide) groups is 1. The first-order chi connectivity index (χ1) is 10.1. The molecule has 0 atom stereocenters. The lowest BCUT2D eigenvalue weighted by atomic mass is 10.1. The normalized spacial score (nSPS) is 11.0. The van der Waals surface area contributed by atoms with Crippen LogP contribution in [-0.2, 0) is 5.75 Å². The molecule has 3 heteroatoms. The number of aryl methyl sites for hydroxylation is 2. The van der Waals surface area contributed by atoms with Gasteiger partial charge in [0, 0.05) is 16.2 Å². The Balaban J connectivity index is 1.89. The van der Waals surface area contributed by atoms with Crippen molar-refractivity contribution < 1.29 is 0 Å². The van der Waals surface area contributed by atoms with Gasteiger partial charge < -0.3 is 0 Å². The Labute approximate surface area is 134 Å². The molecule has 0 spiro atoms. The molecular weight excluding hydrogens is 298 g/mol. The van der Waals surface area contributed by atoms with E-state index >= 15 is 0 Å². The lowest BCUT2D eigenvalue weighted by Gasteiger charge is -2.08. The van der Waals surface area contributed by atoms with E-state index in [1.165, 1.54) is 22.1 Å². The highest BCUT2D eigenvalue weighted by molar-refractivity contribution is 7.98. The molecular formula is C18H16ClNS. The number of hydrogen-bond donors (Lipinski definition) is 0. The van der Waals surface area contributed by atoms with Gasteiger partial charge >= 0.3 is 0 Å². The topological polar surface area (TPSA) is 12.9 Å². The molecule has 2 aromatic carbocycles. The SMILES string of the molecule is Cc1cc(SCc2cccc(Cl)c2)nc2c(C)cccc12. The fourth-order valence-corrected chi connectivity index (χ4v) is 3.51. The highest BCUT2D eigenvalue weighted by Gasteiger charge is 2.06. The third kappa shape index (κ3) is 3.22. The zero-order valence-electron chi connectivity index (χ0n) is 12.1. The summed E-state index contributed by atoms with van der Waals surface area (Å²) in [5.74, 6) is 0.879. The van der Waals surface area contributed by atoms with Crippen molar-refractivity contribution in [1.29, 1.82) is 0 Å². The predicted molar refractivity (Wildman–Crippen MR) is 92.2 cm³/mol. The number of nitrogens with zero attached hydrogens (tertiary/aromatic N) is 1. The van der Waals surface area contributed by atoms with Crippen molar-refractivity contribution in [2.24, 2.45) is 0 Å². The summed E-state index contributed by atoms with van der Waals surface area (Å²) in [6, 6.07) is 16.5. The number of benzene rings is 2. The first-order valence-electron chi connectivity index (χ1n) is 6.88. The highest BCUT2D eigenvalue weighted by Crippen LogP contribution is 2.28. The summed E-state index contributed by atoms with van der Waals surface area (Å²) in [5.41, 5.74) is 4.82. The molecule has 0 amide bonds. The smallest absolute Gasteiger partial charge is 0.0973 e. The van der Waals surface area contributed by atoms with E-state index in [4.69, 9.17) is 16.6 Å². The minimum atomic E-state index is 0.784. The van der Waals surface area contributed by atoms with Gasteiger partial charge in [-0.25, -0.2) is 4.98 Å². The monoisotopic (exact) mass is 313 g/mol. The number of halogens is 1. The van der Waals surface area contributed by atoms with Gasteiger partial charge in [-0.1, -0.05) is 41.9 Å². The average molecular weight is 314 g/mol. The van der Waals surface area contributed by atoms with E-state index in [0.29, 0.717) is 0 Å². The van der Waals surface area contributed by atoms with Crippen molar-refractivity contribution in [3.05, 3.63) is 70.2 Å². The molecule has 106 valence electrons. The molecule has 0 aliphatic heterocycles. The molecule has 0 fully saturated rings. The van der Waals surface area contributed by atoms with Crippen molar-refractivity contribution in [3.63, 3.8) is 0 Å². The van der Waals surface area contributed by atoms with Crippen molar-refractivity contribution in [3.8, 4) is 0 Å². The number of pyridine rings is 1. The largest absolute Gasteiger partial charge is 0.241 e. The van der Waals surface area contributed by atoms with Crippen LogP contribution in [0.3, 0.4) is 0 Å². The molecule has 3 rings (SSSR count). The quantitative estimate of drug-likeness (QED) is 0.567. The van der Waals surface area contributed by atoms with E-state index in [0.717, 1.165) is 21.3 Å². The van der Waals surface area contributed by atoms with Gasteiger partial charge in [-0.05, 0) is 48.7 Å². The molecule has 0 aliphatic rings. The highest BCUT2D eigenvalue weighted by atomic mass is 35.5. The van der Waals surface area contributed by atoms with Crippen LogP contribution in [0, 0.1) is 13.8 Å². The lowest BCUT2D eigenvalue weighted by Crippen LogP contribution is -1.90. The maximum absolute atomic E-state index is 6.03. The lowest BCUT2D eigenvalue weighted by molar-refractivity contribution is 1.15. The van der Waals surface area contributed by atoms with Gasteiger partial charge in [0.1, 0.15) is 0 Å². The second kappa shape index (κ2) is 6.08. The van der Waals surface area contributed by atoms with Gasteiger partial charge in [0.25, 0.3) is 0 Å². The minimum absolute atomic E-state index is 0.784. The Morgan fingerprint density at radius 2 is 1.81 bits per heavy atom. The molecule has 0 radical (unpaired) electrons. The molecule has 1 nitrogen and oxygen atoms in total. The molecule has 0 saturated carbocycles. The first-order valence-corrected chi connectivity index (χ1v) is 8.24. The van der Waals surface area contributed by atoms with Gasteiger partial charge in [0.15, 0.2) is 0 Å². The number of hydrogen-bond acceptors (Lipinski definition) is 2. The van der Waals surface area contributed by atoms with E-state index in [-0.39, 0.29) is 0 Å². The fourth-order valence-electron chi connectivity index (χ4n) is 2.39. The van der Waals surface area contributed by atoms with E-state index in [2.05, 4.69) is 44.2 Å². The molecule has 0 unspecified atom stereocenters. The van der Waals surface area contributed by atoms with Gasteiger partial charge in [-0.15, -0.1) is 11.8 Å². The van der Waals surface area contributed by atoms with Crippen molar-refractivity contribution in [2.45, 2.75) is 24.6 Å². The van der Waals surface area contributed by atoms with Crippen LogP contribution in [0.5, 0.6) is 0 Å². The Morgan fingerprint density at radius 3 is 2.62 bits per heavy atom. The fraction of sp³-hybridized carbons (Fsp3) is 0.167. The Hall–Kier alpha value is -1.51. The standard InChI is InChI=1S/C18H16ClNS/c1-12-5-3-8-16-13(2)9-17(20-18(12)16)21-11-14-6-4-7-15(19)10-14/h3-10H,11H2,1-2H3. The third-order valence-corrected chi connectivity index (χ3v) is 4.72. The molecule has 1 aromatic heterocycles. The number of rotatable bonds is 3. The van der Waals surface area contributed by atoms with Crippen LogP contribution in [-0.4, -0.2) is 4.98 Å². The Bertz CT molecular complexity index is 798. The first kappa shape index (κ1) is 14.4. The molecule has 3 aromatic rings. The Kier molecular flexibility index (Phi) is 4.18. The zero-order valence-corrected chi connectivity index (χ0v) is 13.6. The summed E-state index contributed by atoms with van der Waals surface area (Å²) in [4.78, 5) is 4.80. The second-order valence-corrected chi connectivity index (χ2v) is 6.60. The van der Waals surface area contributed by atoms with E-state index in [1.807, 2.05) is 18.2 Å².